The molecule has 24 heavy (non-hydrogen) atoms. The zero-order valence-electron chi connectivity index (χ0n) is 13.6. The van der Waals surface area contributed by atoms with Gasteiger partial charge < -0.3 is 9.84 Å². The number of allylic oxidation sites excluding steroid dienone is 1. The molecule has 6 nitrogen and oxygen atoms in total. The summed E-state index contributed by atoms with van der Waals surface area (Å²) in [6.45, 7) is 5.14. The van der Waals surface area contributed by atoms with Crippen molar-refractivity contribution in [3.8, 4) is 11.8 Å². The summed E-state index contributed by atoms with van der Waals surface area (Å²) in [5, 5.41) is 18.3. The zero-order chi connectivity index (χ0) is 17.7. The Morgan fingerprint density at radius 2 is 1.96 bits per heavy atom. The first-order chi connectivity index (χ1) is 11.4. The first-order valence-electron chi connectivity index (χ1n) is 7.33. The van der Waals surface area contributed by atoms with Crippen molar-refractivity contribution in [1.29, 1.82) is 5.26 Å². The van der Waals surface area contributed by atoms with Crippen molar-refractivity contribution in [3.63, 3.8) is 0 Å². The average molecular weight is 323 g/mol. The topological polar surface area (TPSA) is 96.1 Å². The zero-order valence-corrected chi connectivity index (χ0v) is 13.6. The quantitative estimate of drug-likeness (QED) is 0.850. The van der Waals surface area contributed by atoms with Crippen LogP contribution >= 0.6 is 0 Å². The predicted octanol–water partition coefficient (Wildman–Crippen LogP) is 3.01. The van der Waals surface area contributed by atoms with Crippen LogP contribution in [0.1, 0.15) is 29.7 Å². The van der Waals surface area contributed by atoms with Crippen LogP contribution in [0.15, 0.2) is 30.3 Å². The molecular formula is C18H17N3O3. The van der Waals surface area contributed by atoms with E-state index < -0.39 is 12.1 Å². The summed E-state index contributed by atoms with van der Waals surface area (Å²) in [4.78, 5) is 19.4. The molecule has 0 spiro atoms. The summed E-state index contributed by atoms with van der Waals surface area (Å²) in [6, 6.07) is 10.8. The number of carboxylic acids is 1. The third kappa shape index (κ3) is 4.40. The highest BCUT2D eigenvalue weighted by Gasteiger charge is 2.12. The molecule has 1 atom stereocenters. The molecule has 0 amide bonds. The lowest BCUT2D eigenvalue weighted by Crippen LogP contribution is -2.22. The summed E-state index contributed by atoms with van der Waals surface area (Å²) in [5.41, 5.74) is 2.59. The van der Waals surface area contributed by atoms with Gasteiger partial charge in [-0.1, -0.05) is 12.1 Å². The minimum absolute atomic E-state index is 0.324. The second-order valence-corrected chi connectivity index (χ2v) is 5.31. The summed E-state index contributed by atoms with van der Waals surface area (Å²) in [5.74, 6) is -0.269. The monoisotopic (exact) mass is 323 g/mol. The van der Waals surface area contributed by atoms with E-state index in [9.17, 15) is 10.1 Å². The number of nitriles is 1. The first kappa shape index (κ1) is 17.2. The number of carbonyl (C=O) groups is 1. The Morgan fingerprint density at radius 1 is 1.29 bits per heavy atom. The average Bonchev–Trinajstić information content (AvgIpc) is 2.51. The van der Waals surface area contributed by atoms with E-state index in [0.717, 1.165) is 11.4 Å². The van der Waals surface area contributed by atoms with Gasteiger partial charge in [-0.05, 0) is 50.6 Å². The normalized spacial score (nSPS) is 12.3. The fraction of sp³-hybridized carbons (Fsp3) is 0.222. The van der Waals surface area contributed by atoms with E-state index in [0.29, 0.717) is 22.7 Å². The van der Waals surface area contributed by atoms with Gasteiger partial charge in [-0.25, -0.2) is 14.8 Å². The predicted molar refractivity (Wildman–Crippen MR) is 89.2 cm³/mol. The highest BCUT2D eigenvalue weighted by atomic mass is 16.5. The van der Waals surface area contributed by atoms with Crippen LogP contribution in [-0.2, 0) is 4.79 Å². The smallest absolute Gasteiger partial charge is 0.344 e. The van der Waals surface area contributed by atoms with E-state index in [2.05, 4.69) is 16.0 Å². The Morgan fingerprint density at radius 3 is 2.54 bits per heavy atom. The summed E-state index contributed by atoms with van der Waals surface area (Å²) < 4.78 is 5.33. The number of hydrogen-bond acceptors (Lipinski definition) is 5. The van der Waals surface area contributed by atoms with Crippen LogP contribution in [-0.4, -0.2) is 27.1 Å². The van der Waals surface area contributed by atoms with Crippen molar-refractivity contribution in [3.05, 3.63) is 53.1 Å². The number of rotatable bonds is 5. The van der Waals surface area contributed by atoms with Gasteiger partial charge in [0.25, 0.3) is 0 Å². The molecule has 0 saturated heterocycles. The molecular weight excluding hydrogens is 306 g/mol. The molecule has 0 radical (unpaired) electrons. The van der Waals surface area contributed by atoms with Gasteiger partial charge in [0, 0.05) is 11.4 Å². The van der Waals surface area contributed by atoms with Gasteiger partial charge in [-0.15, -0.1) is 0 Å². The Balaban J connectivity index is 2.34. The van der Waals surface area contributed by atoms with Crippen LogP contribution in [0.2, 0.25) is 0 Å². The molecule has 1 heterocycles. The van der Waals surface area contributed by atoms with Gasteiger partial charge in [0.1, 0.15) is 11.8 Å². The van der Waals surface area contributed by atoms with E-state index >= 15 is 0 Å². The molecule has 0 aliphatic heterocycles. The Kier molecular flexibility index (Phi) is 5.27. The lowest BCUT2D eigenvalue weighted by Gasteiger charge is -2.10. The van der Waals surface area contributed by atoms with Gasteiger partial charge in [-0.3, -0.25) is 0 Å². The summed E-state index contributed by atoms with van der Waals surface area (Å²) in [6.07, 6.45) is 0.689. The number of aromatic nitrogens is 2. The fourth-order valence-electron chi connectivity index (χ4n) is 2.09. The molecule has 1 unspecified atom stereocenters. The molecule has 2 aromatic rings. The number of benzene rings is 1. The molecule has 1 N–H and O–H groups in total. The van der Waals surface area contributed by atoms with Crippen molar-refractivity contribution >= 4 is 17.6 Å². The Hall–Kier alpha value is -3.20. The number of ether oxygens (including phenoxy) is 1. The summed E-state index contributed by atoms with van der Waals surface area (Å²) in [7, 11) is 0. The Bertz CT molecular complexity index is 817. The van der Waals surface area contributed by atoms with Crippen molar-refractivity contribution in [2.75, 3.05) is 0 Å². The third-order valence-corrected chi connectivity index (χ3v) is 3.17. The van der Waals surface area contributed by atoms with Crippen LogP contribution in [0.3, 0.4) is 0 Å². The van der Waals surface area contributed by atoms with E-state index in [1.807, 2.05) is 19.9 Å². The minimum Gasteiger partial charge on any atom is -0.479 e. The minimum atomic E-state index is -1.04. The third-order valence-electron chi connectivity index (χ3n) is 3.17. The van der Waals surface area contributed by atoms with Gasteiger partial charge in [-0.2, -0.15) is 5.26 Å². The van der Waals surface area contributed by atoms with E-state index in [1.165, 1.54) is 6.92 Å². The van der Waals surface area contributed by atoms with E-state index in [1.54, 1.807) is 30.3 Å². The lowest BCUT2D eigenvalue weighted by atomic mass is 10.1. The van der Waals surface area contributed by atoms with Crippen LogP contribution in [0.25, 0.3) is 11.6 Å². The number of nitrogens with zero attached hydrogens (tertiary/aromatic N) is 3. The number of aryl methyl sites for hydroxylation is 2. The largest absolute Gasteiger partial charge is 0.479 e. The molecule has 0 fully saturated rings. The maximum Gasteiger partial charge on any atom is 0.344 e. The van der Waals surface area contributed by atoms with Crippen LogP contribution in [0, 0.1) is 25.2 Å². The second-order valence-electron chi connectivity index (χ2n) is 5.31. The Labute approximate surface area is 140 Å². The van der Waals surface area contributed by atoms with Crippen molar-refractivity contribution in [1.82, 2.24) is 9.97 Å². The lowest BCUT2D eigenvalue weighted by molar-refractivity contribution is -0.144. The van der Waals surface area contributed by atoms with E-state index in [-0.39, 0.29) is 0 Å². The summed E-state index contributed by atoms with van der Waals surface area (Å²) >= 11 is 0. The number of carboxylic acid groups (broad SMARTS) is 1. The molecule has 0 saturated carbocycles. The van der Waals surface area contributed by atoms with Crippen LogP contribution < -0.4 is 4.74 Å². The fourth-order valence-corrected chi connectivity index (χ4v) is 2.09. The number of hydrogen-bond donors (Lipinski definition) is 1. The maximum absolute atomic E-state index is 10.9. The molecule has 6 heteroatoms. The highest BCUT2D eigenvalue weighted by molar-refractivity contribution is 5.87. The van der Waals surface area contributed by atoms with Gasteiger partial charge in [0.2, 0.25) is 0 Å². The van der Waals surface area contributed by atoms with Crippen molar-refractivity contribution in [2.24, 2.45) is 0 Å². The molecule has 1 aromatic heterocycles. The molecule has 122 valence electrons. The number of aliphatic carboxylic acids is 1. The van der Waals surface area contributed by atoms with Gasteiger partial charge >= 0.3 is 5.97 Å². The molecule has 1 aromatic carbocycles. The highest BCUT2D eigenvalue weighted by Crippen LogP contribution is 2.20. The maximum atomic E-state index is 10.9. The molecule has 0 aliphatic rings. The molecule has 0 bridgehead atoms. The first-order valence-corrected chi connectivity index (χ1v) is 7.33. The van der Waals surface area contributed by atoms with E-state index in [4.69, 9.17) is 9.84 Å². The van der Waals surface area contributed by atoms with Gasteiger partial charge in [0.15, 0.2) is 11.9 Å². The molecule has 0 aliphatic carbocycles. The van der Waals surface area contributed by atoms with Crippen molar-refractivity contribution in [2.45, 2.75) is 26.9 Å². The van der Waals surface area contributed by atoms with Crippen LogP contribution in [0.5, 0.6) is 5.75 Å². The molecule has 2 rings (SSSR count). The van der Waals surface area contributed by atoms with Crippen molar-refractivity contribution < 1.29 is 14.6 Å². The van der Waals surface area contributed by atoms with Crippen LogP contribution in [0.4, 0.5) is 0 Å². The SMILES string of the molecule is Cc1cc(C)nc(C(C#N)=Cc2cccc(OC(C)C(=O)O)c2)n1. The van der Waals surface area contributed by atoms with Gasteiger partial charge in [0.05, 0.1) is 5.57 Å². The second kappa shape index (κ2) is 7.38. The standard InChI is InChI=1S/C18H17N3O3/c1-11-7-12(2)21-17(20-11)15(10-19)8-14-5-4-6-16(9-14)24-13(3)18(22)23/h4-9,13H,1-3H3,(H,22,23).